The number of nitriles is 1. The zero-order valence-electron chi connectivity index (χ0n) is 9.04. The molecule has 0 aromatic heterocycles. The van der Waals surface area contributed by atoms with Crippen LogP contribution in [0.2, 0.25) is 0 Å². The number of rotatable bonds is 2. The molecule has 4 nitrogen and oxygen atoms in total. The van der Waals surface area contributed by atoms with E-state index in [1.54, 1.807) is 0 Å². The number of benzene rings is 1. The SMILES string of the molecule is COC(=O)c1cc(C#N)c(C=O)cc1C(F)(F)F. The summed E-state index contributed by atoms with van der Waals surface area (Å²) in [5, 5.41) is 8.68. The number of hydrogen-bond acceptors (Lipinski definition) is 4. The predicted molar refractivity (Wildman–Crippen MR) is 52.9 cm³/mol. The first-order chi connectivity index (χ1) is 8.35. The number of nitrogens with zero attached hydrogens (tertiary/aromatic N) is 1. The highest BCUT2D eigenvalue weighted by Crippen LogP contribution is 2.33. The van der Waals surface area contributed by atoms with Crippen LogP contribution >= 0.6 is 0 Å². The molecule has 0 unspecified atom stereocenters. The Morgan fingerprint density at radius 2 is 2.06 bits per heavy atom. The van der Waals surface area contributed by atoms with Gasteiger partial charge in [0.1, 0.15) is 0 Å². The number of aldehydes is 1. The quantitative estimate of drug-likeness (QED) is 0.601. The molecule has 94 valence electrons. The number of esters is 1. The van der Waals surface area contributed by atoms with E-state index < -0.39 is 28.8 Å². The zero-order valence-corrected chi connectivity index (χ0v) is 9.04. The molecule has 0 N–H and O–H groups in total. The van der Waals surface area contributed by atoms with Crippen molar-refractivity contribution in [3.8, 4) is 6.07 Å². The second-order valence-electron chi connectivity index (χ2n) is 3.20. The summed E-state index contributed by atoms with van der Waals surface area (Å²) in [4.78, 5) is 21.8. The van der Waals surface area contributed by atoms with Crippen LogP contribution in [-0.2, 0) is 10.9 Å². The van der Waals surface area contributed by atoms with E-state index in [1.807, 2.05) is 0 Å². The van der Waals surface area contributed by atoms with Crippen LogP contribution in [0.5, 0.6) is 0 Å². The molecule has 0 bridgehead atoms. The molecule has 0 aliphatic rings. The summed E-state index contributed by atoms with van der Waals surface area (Å²) < 4.78 is 42.3. The summed E-state index contributed by atoms with van der Waals surface area (Å²) in [7, 11) is 0.919. The topological polar surface area (TPSA) is 67.2 Å². The second-order valence-corrected chi connectivity index (χ2v) is 3.20. The molecule has 1 aromatic carbocycles. The lowest BCUT2D eigenvalue weighted by molar-refractivity contribution is -0.138. The number of alkyl halides is 3. The van der Waals surface area contributed by atoms with E-state index in [-0.39, 0.29) is 11.8 Å². The summed E-state index contributed by atoms with van der Waals surface area (Å²) in [6.45, 7) is 0. The Bertz CT molecular complexity index is 544. The number of carbonyl (C=O) groups is 2. The van der Waals surface area contributed by atoms with Crippen molar-refractivity contribution in [1.82, 2.24) is 0 Å². The molecule has 0 aliphatic heterocycles. The van der Waals surface area contributed by atoms with E-state index in [4.69, 9.17) is 5.26 Å². The summed E-state index contributed by atoms with van der Waals surface area (Å²) in [6.07, 6.45) is -4.70. The average molecular weight is 257 g/mol. The van der Waals surface area contributed by atoms with E-state index in [0.29, 0.717) is 12.1 Å². The number of halogens is 3. The molecule has 1 aromatic rings. The van der Waals surface area contributed by atoms with Crippen molar-refractivity contribution in [2.75, 3.05) is 7.11 Å². The van der Waals surface area contributed by atoms with Gasteiger partial charge in [-0.05, 0) is 12.1 Å². The van der Waals surface area contributed by atoms with Gasteiger partial charge in [-0.25, -0.2) is 4.79 Å². The first-order valence-corrected chi connectivity index (χ1v) is 4.54. The molecule has 0 saturated heterocycles. The minimum absolute atomic E-state index is 0.120. The Balaban J connectivity index is 3.63. The van der Waals surface area contributed by atoms with Gasteiger partial charge in [0.25, 0.3) is 0 Å². The van der Waals surface area contributed by atoms with Crippen LogP contribution in [0.4, 0.5) is 13.2 Å². The number of hydrogen-bond donors (Lipinski definition) is 0. The molecule has 7 heteroatoms. The normalized spacial score (nSPS) is 10.6. The first-order valence-electron chi connectivity index (χ1n) is 4.54. The van der Waals surface area contributed by atoms with Gasteiger partial charge in [0.2, 0.25) is 0 Å². The largest absolute Gasteiger partial charge is 0.465 e. The summed E-state index contributed by atoms with van der Waals surface area (Å²) in [6, 6.07) is 2.69. The lowest BCUT2D eigenvalue weighted by Gasteiger charge is -2.12. The molecule has 0 aliphatic carbocycles. The van der Waals surface area contributed by atoms with Crippen LogP contribution in [0.15, 0.2) is 12.1 Å². The molecule has 0 fully saturated rings. The van der Waals surface area contributed by atoms with Crippen molar-refractivity contribution >= 4 is 12.3 Å². The fraction of sp³-hybridized carbons (Fsp3) is 0.182. The van der Waals surface area contributed by atoms with E-state index >= 15 is 0 Å². The Morgan fingerprint density at radius 1 is 1.44 bits per heavy atom. The van der Waals surface area contributed by atoms with E-state index in [0.717, 1.165) is 7.11 Å². The highest BCUT2D eigenvalue weighted by atomic mass is 19.4. The van der Waals surface area contributed by atoms with Gasteiger partial charge >= 0.3 is 12.1 Å². The second kappa shape index (κ2) is 4.87. The van der Waals surface area contributed by atoms with Crippen LogP contribution < -0.4 is 0 Å². The fourth-order valence-corrected chi connectivity index (χ4v) is 1.32. The number of ether oxygens (including phenoxy) is 1. The maximum Gasteiger partial charge on any atom is 0.417 e. The summed E-state index contributed by atoms with van der Waals surface area (Å²) in [5.41, 5.74) is -2.86. The molecule has 0 spiro atoms. The van der Waals surface area contributed by atoms with Crippen molar-refractivity contribution in [2.45, 2.75) is 6.18 Å². The highest BCUT2D eigenvalue weighted by Gasteiger charge is 2.36. The third-order valence-corrected chi connectivity index (χ3v) is 2.15. The van der Waals surface area contributed by atoms with Crippen LogP contribution in [0.3, 0.4) is 0 Å². The Morgan fingerprint density at radius 3 is 2.44 bits per heavy atom. The van der Waals surface area contributed by atoms with Crippen molar-refractivity contribution in [1.29, 1.82) is 5.26 Å². The minimum atomic E-state index is -4.82. The van der Waals surface area contributed by atoms with Gasteiger partial charge in [-0.1, -0.05) is 0 Å². The number of carbonyl (C=O) groups excluding carboxylic acids is 2. The number of methoxy groups -OCH3 is 1. The zero-order chi connectivity index (χ0) is 13.9. The Hall–Kier alpha value is -2.36. The van der Waals surface area contributed by atoms with Crippen molar-refractivity contribution in [3.05, 3.63) is 34.4 Å². The van der Waals surface area contributed by atoms with Gasteiger partial charge in [0.15, 0.2) is 6.29 Å². The van der Waals surface area contributed by atoms with Crippen molar-refractivity contribution < 1.29 is 27.5 Å². The molecule has 0 heterocycles. The van der Waals surface area contributed by atoms with Crippen LogP contribution in [0.1, 0.15) is 31.8 Å². The molecule has 0 amide bonds. The van der Waals surface area contributed by atoms with Crippen molar-refractivity contribution in [3.63, 3.8) is 0 Å². The summed E-state index contributed by atoms with van der Waals surface area (Å²) >= 11 is 0. The monoisotopic (exact) mass is 257 g/mol. The Labute approximate surface area is 99.6 Å². The highest BCUT2D eigenvalue weighted by molar-refractivity contribution is 5.93. The molecule has 18 heavy (non-hydrogen) atoms. The molecule has 0 radical (unpaired) electrons. The van der Waals surface area contributed by atoms with E-state index in [1.165, 1.54) is 6.07 Å². The lowest BCUT2D eigenvalue weighted by atomic mass is 9.99. The molecule has 0 atom stereocenters. The van der Waals surface area contributed by atoms with Gasteiger partial charge in [-0.2, -0.15) is 18.4 Å². The smallest absolute Gasteiger partial charge is 0.417 e. The van der Waals surface area contributed by atoms with Gasteiger partial charge in [0, 0.05) is 5.56 Å². The van der Waals surface area contributed by atoms with Gasteiger partial charge < -0.3 is 4.74 Å². The fourth-order valence-electron chi connectivity index (χ4n) is 1.32. The third-order valence-electron chi connectivity index (χ3n) is 2.15. The maximum atomic E-state index is 12.7. The third kappa shape index (κ3) is 2.48. The van der Waals surface area contributed by atoms with Crippen LogP contribution in [0, 0.1) is 11.3 Å². The van der Waals surface area contributed by atoms with Crippen molar-refractivity contribution in [2.24, 2.45) is 0 Å². The van der Waals surface area contributed by atoms with Crippen LogP contribution in [-0.4, -0.2) is 19.4 Å². The first kappa shape index (κ1) is 13.7. The van der Waals surface area contributed by atoms with Gasteiger partial charge in [0.05, 0.1) is 29.9 Å². The lowest BCUT2D eigenvalue weighted by Crippen LogP contribution is -2.15. The van der Waals surface area contributed by atoms with Gasteiger partial charge in [-0.15, -0.1) is 0 Å². The Kier molecular flexibility index (Phi) is 3.71. The molecule has 0 saturated carbocycles. The molecular formula is C11H6F3NO3. The summed E-state index contributed by atoms with van der Waals surface area (Å²) in [5.74, 6) is -1.23. The van der Waals surface area contributed by atoms with E-state index in [9.17, 15) is 22.8 Å². The maximum absolute atomic E-state index is 12.7. The standard InChI is InChI=1S/C11H6F3NO3/c1-18-10(17)8-2-6(4-15)7(5-16)3-9(8)11(12,13)14/h2-3,5H,1H3. The van der Waals surface area contributed by atoms with Gasteiger partial charge in [-0.3, -0.25) is 4.79 Å². The minimum Gasteiger partial charge on any atom is -0.465 e. The van der Waals surface area contributed by atoms with Crippen LogP contribution in [0.25, 0.3) is 0 Å². The predicted octanol–water partition coefficient (Wildman–Crippen LogP) is 2.18. The van der Waals surface area contributed by atoms with E-state index in [2.05, 4.69) is 4.74 Å². The average Bonchev–Trinajstić information content (AvgIpc) is 2.34. The molecule has 1 rings (SSSR count). The molecular weight excluding hydrogens is 251 g/mol.